The third-order valence-corrected chi connectivity index (χ3v) is 7.54. The minimum atomic E-state index is -0.0805. The molecule has 176 valence electrons. The minimum absolute atomic E-state index is 0.0805. The lowest BCUT2D eigenvalue weighted by atomic mass is 9.95. The third kappa shape index (κ3) is 5.35. The van der Waals surface area contributed by atoms with Crippen molar-refractivity contribution >= 4 is 33.0 Å². The number of thiophene rings is 1. The van der Waals surface area contributed by atoms with Crippen molar-refractivity contribution in [2.24, 2.45) is 5.92 Å². The van der Waals surface area contributed by atoms with E-state index >= 15 is 0 Å². The molecule has 5 nitrogen and oxygen atoms in total. The van der Waals surface area contributed by atoms with Crippen LogP contribution < -0.4 is 15.6 Å². The van der Waals surface area contributed by atoms with E-state index in [-0.39, 0.29) is 5.56 Å². The summed E-state index contributed by atoms with van der Waals surface area (Å²) in [6.07, 6.45) is 4.89. The molecular weight excluding hydrogens is 466 g/mol. The van der Waals surface area contributed by atoms with Crippen LogP contribution in [0.3, 0.4) is 0 Å². The lowest BCUT2D eigenvalue weighted by molar-refractivity contribution is 0.275. The van der Waals surface area contributed by atoms with Crippen LogP contribution in [0.4, 0.5) is 0 Å². The Morgan fingerprint density at radius 2 is 1.94 bits per heavy atom. The molecule has 1 saturated heterocycles. The Morgan fingerprint density at radius 1 is 1.12 bits per heavy atom. The van der Waals surface area contributed by atoms with Gasteiger partial charge in [0.1, 0.15) is 11.4 Å². The monoisotopic (exact) mass is 493 g/mol. The zero-order valence-corrected chi connectivity index (χ0v) is 20.6. The molecule has 5 rings (SSSR count). The molecule has 34 heavy (non-hydrogen) atoms. The summed E-state index contributed by atoms with van der Waals surface area (Å²) in [6.45, 7) is 3.42. The van der Waals surface area contributed by atoms with Crippen molar-refractivity contribution in [3.63, 3.8) is 0 Å². The van der Waals surface area contributed by atoms with Crippen molar-refractivity contribution in [2.75, 3.05) is 19.7 Å². The fourth-order valence-electron chi connectivity index (χ4n) is 4.51. The van der Waals surface area contributed by atoms with Gasteiger partial charge in [0.15, 0.2) is 0 Å². The topological polar surface area (TPSA) is 56.1 Å². The molecule has 0 radical (unpaired) electrons. The Balaban J connectivity index is 1.31. The molecule has 7 heteroatoms. The summed E-state index contributed by atoms with van der Waals surface area (Å²) in [7, 11) is 0. The highest BCUT2D eigenvalue weighted by Gasteiger charge is 2.15. The van der Waals surface area contributed by atoms with E-state index in [1.807, 2.05) is 60.0 Å². The molecule has 4 aromatic rings. The van der Waals surface area contributed by atoms with Gasteiger partial charge >= 0.3 is 0 Å². The van der Waals surface area contributed by atoms with Crippen LogP contribution in [0, 0.1) is 5.92 Å². The first-order valence-corrected chi connectivity index (χ1v) is 13.1. The average molecular weight is 494 g/mol. The first kappa shape index (κ1) is 23.1. The van der Waals surface area contributed by atoms with Crippen LogP contribution in [0.5, 0.6) is 5.75 Å². The van der Waals surface area contributed by atoms with Crippen LogP contribution in [-0.4, -0.2) is 29.5 Å². The zero-order valence-electron chi connectivity index (χ0n) is 19.0. The highest BCUT2D eigenvalue weighted by molar-refractivity contribution is 7.17. The maximum Gasteiger partial charge on any atom is 0.275 e. The second kappa shape index (κ2) is 10.7. The standard InChI is InChI=1S/C27H28ClN3O2S/c28-22-9-5-20(6-10-22)18-31-27(32)24-13-16-34-26(24)25(30-31)21-7-11-23(12-8-21)33-15-2-4-19-3-1-14-29-17-19/h5-13,16,19,29H,1-4,14-15,17-18H2. The number of aromatic nitrogens is 2. The quantitative estimate of drug-likeness (QED) is 0.306. The molecule has 0 bridgehead atoms. The predicted molar refractivity (Wildman–Crippen MR) is 140 cm³/mol. The Morgan fingerprint density at radius 3 is 2.71 bits per heavy atom. The SMILES string of the molecule is O=c1c2ccsc2c(-c2ccc(OCCCC3CCCNC3)cc2)nn1Cc1ccc(Cl)cc1. The van der Waals surface area contributed by atoms with Gasteiger partial charge in [0.05, 0.1) is 23.2 Å². The van der Waals surface area contributed by atoms with Crippen molar-refractivity contribution < 1.29 is 4.74 Å². The third-order valence-electron chi connectivity index (χ3n) is 6.36. The number of hydrogen-bond acceptors (Lipinski definition) is 5. The molecule has 1 fully saturated rings. The molecule has 1 N–H and O–H groups in total. The Bertz CT molecular complexity index is 1290. The smallest absolute Gasteiger partial charge is 0.275 e. The summed E-state index contributed by atoms with van der Waals surface area (Å²) in [5.41, 5.74) is 2.68. The number of piperidine rings is 1. The summed E-state index contributed by atoms with van der Waals surface area (Å²) in [5, 5.41) is 11.5. The molecule has 2 aromatic carbocycles. The van der Waals surface area contributed by atoms with Crippen molar-refractivity contribution in [1.82, 2.24) is 15.1 Å². The lowest BCUT2D eigenvalue weighted by Gasteiger charge is -2.22. The second-order valence-electron chi connectivity index (χ2n) is 8.83. The molecule has 1 unspecified atom stereocenters. The van der Waals surface area contributed by atoms with E-state index in [0.717, 1.165) is 59.3 Å². The van der Waals surface area contributed by atoms with E-state index < -0.39 is 0 Å². The lowest BCUT2D eigenvalue weighted by Crippen LogP contribution is -2.29. The number of rotatable bonds is 8. The summed E-state index contributed by atoms with van der Waals surface area (Å²) in [4.78, 5) is 13.0. The summed E-state index contributed by atoms with van der Waals surface area (Å²) in [5.74, 6) is 1.64. The molecular formula is C27H28ClN3O2S. The van der Waals surface area contributed by atoms with E-state index in [2.05, 4.69) is 5.32 Å². The van der Waals surface area contributed by atoms with Crippen LogP contribution in [0.1, 0.15) is 31.2 Å². The van der Waals surface area contributed by atoms with Crippen molar-refractivity contribution in [1.29, 1.82) is 0 Å². The average Bonchev–Trinajstić information content (AvgIpc) is 3.37. The van der Waals surface area contributed by atoms with Crippen molar-refractivity contribution in [2.45, 2.75) is 32.2 Å². The number of ether oxygens (including phenoxy) is 1. The number of hydrogen-bond donors (Lipinski definition) is 1. The van der Waals surface area contributed by atoms with Crippen LogP contribution in [0.25, 0.3) is 21.3 Å². The normalized spacial score (nSPS) is 16.1. The Kier molecular flexibility index (Phi) is 7.28. The van der Waals surface area contributed by atoms with Gasteiger partial charge in [-0.1, -0.05) is 23.7 Å². The van der Waals surface area contributed by atoms with Gasteiger partial charge in [0.25, 0.3) is 5.56 Å². The molecule has 0 aliphatic carbocycles. The Labute approximate surface area is 208 Å². The molecule has 1 aliphatic rings. The molecule has 2 aromatic heterocycles. The van der Waals surface area contributed by atoms with Crippen LogP contribution in [0.2, 0.25) is 5.02 Å². The number of fused-ring (bicyclic) bond motifs is 1. The van der Waals surface area contributed by atoms with E-state index in [4.69, 9.17) is 21.4 Å². The number of benzene rings is 2. The number of nitrogens with zero attached hydrogens (tertiary/aromatic N) is 2. The van der Waals surface area contributed by atoms with E-state index in [9.17, 15) is 4.79 Å². The highest BCUT2D eigenvalue weighted by atomic mass is 35.5. The molecule has 0 amide bonds. The summed E-state index contributed by atoms with van der Waals surface area (Å²) < 4.78 is 8.44. The predicted octanol–water partition coefficient (Wildman–Crippen LogP) is 5.99. The second-order valence-corrected chi connectivity index (χ2v) is 10.2. The van der Waals surface area contributed by atoms with Gasteiger partial charge in [-0.3, -0.25) is 4.79 Å². The summed E-state index contributed by atoms with van der Waals surface area (Å²) in [6, 6.07) is 17.4. The summed E-state index contributed by atoms with van der Waals surface area (Å²) >= 11 is 7.55. The Hall–Kier alpha value is -2.67. The fourth-order valence-corrected chi connectivity index (χ4v) is 5.53. The van der Waals surface area contributed by atoms with Gasteiger partial charge in [0.2, 0.25) is 0 Å². The molecule has 1 atom stereocenters. The molecule has 0 saturated carbocycles. The van der Waals surface area contributed by atoms with Crippen LogP contribution in [0.15, 0.2) is 64.8 Å². The number of halogens is 1. The maximum atomic E-state index is 13.0. The van der Waals surface area contributed by atoms with E-state index in [1.54, 1.807) is 11.3 Å². The first-order chi connectivity index (χ1) is 16.7. The van der Waals surface area contributed by atoms with Crippen LogP contribution >= 0.6 is 22.9 Å². The van der Waals surface area contributed by atoms with Gasteiger partial charge in [0, 0.05) is 10.6 Å². The minimum Gasteiger partial charge on any atom is -0.494 e. The van der Waals surface area contributed by atoms with Crippen molar-refractivity contribution in [3.05, 3.63) is 80.9 Å². The molecule has 1 aliphatic heterocycles. The van der Waals surface area contributed by atoms with Gasteiger partial charge in [-0.25, -0.2) is 4.68 Å². The van der Waals surface area contributed by atoms with E-state index in [1.165, 1.54) is 23.9 Å². The zero-order chi connectivity index (χ0) is 23.3. The number of nitrogens with one attached hydrogen (secondary N) is 1. The van der Waals surface area contributed by atoms with Gasteiger partial charge in [-0.2, -0.15) is 5.10 Å². The van der Waals surface area contributed by atoms with Gasteiger partial charge < -0.3 is 10.1 Å². The van der Waals surface area contributed by atoms with Gasteiger partial charge in [-0.05, 0) is 98.1 Å². The largest absolute Gasteiger partial charge is 0.494 e. The van der Waals surface area contributed by atoms with Crippen LogP contribution in [-0.2, 0) is 6.54 Å². The van der Waals surface area contributed by atoms with Gasteiger partial charge in [-0.15, -0.1) is 11.3 Å². The fraction of sp³-hybridized carbons (Fsp3) is 0.333. The van der Waals surface area contributed by atoms with E-state index in [0.29, 0.717) is 17.0 Å². The maximum absolute atomic E-state index is 13.0. The highest BCUT2D eigenvalue weighted by Crippen LogP contribution is 2.30. The van der Waals surface area contributed by atoms with Crippen molar-refractivity contribution in [3.8, 4) is 17.0 Å². The molecule has 3 heterocycles. The first-order valence-electron chi connectivity index (χ1n) is 11.8. The molecule has 0 spiro atoms.